The number of para-hydroxylation sites is 1. The number of carboxylic acid groups (broad SMARTS) is 1. The molecule has 0 amide bonds. The van der Waals surface area contributed by atoms with Crippen LogP contribution in [-0.4, -0.2) is 29.4 Å². The van der Waals surface area contributed by atoms with Gasteiger partial charge in [-0.3, -0.25) is 18.3 Å². The molecule has 0 aliphatic carbocycles. The highest BCUT2D eigenvalue weighted by Gasteiger charge is 2.24. The van der Waals surface area contributed by atoms with Gasteiger partial charge in [-0.15, -0.1) is 0 Å². The third-order valence-electron chi connectivity index (χ3n) is 4.73. The fourth-order valence-electron chi connectivity index (χ4n) is 3.56. The molecule has 0 saturated heterocycles. The molecule has 0 spiro atoms. The maximum absolute atomic E-state index is 12.4. The zero-order chi connectivity index (χ0) is 20.7. The second-order valence-corrected chi connectivity index (χ2v) is 7.67. The van der Waals surface area contributed by atoms with Crippen LogP contribution in [0.1, 0.15) is 5.69 Å². The van der Waals surface area contributed by atoms with Crippen molar-refractivity contribution < 1.29 is 18.7 Å². The van der Waals surface area contributed by atoms with Crippen LogP contribution < -0.4 is 4.31 Å². The van der Waals surface area contributed by atoms with Gasteiger partial charge in [0, 0.05) is 27.7 Å². The number of fused-ring (bicyclic) bond motifs is 2. The van der Waals surface area contributed by atoms with E-state index in [4.69, 9.17) is 11.6 Å². The first-order valence-electron chi connectivity index (χ1n) is 8.62. The number of benzene rings is 2. The van der Waals surface area contributed by atoms with Gasteiger partial charge in [-0.2, -0.15) is 0 Å². The maximum Gasteiger partial charge on any atom is 0.323 e. The number of anilines is 2. The third kappa shape index (κ3) is 3.35. The fraction of sp³-hybridized carbons (Fsp3) is 0.100. The summed E-state index contributed by atoms with van der Waals surface area (Å²) in [6, 6.07) is 13.8. The van der Waals surface area contributed by atoms with E-state index < -0.39 is 17.2 Å². The van der Waals surface area contributed by atoms with Crippen molar-refractivity contribution in [1.29, 1.82) is 0 Å². The quantitative estimate of drug-likeness (QED) is 0.481. The topological polar surface area (TPSA) is 98.5 Å². The normalized spacial score (nSPS) is 12.4. The predicted molar refractivity (Wildman–Crippen MR) is 112 cm³/mol. The summed E-state index contributed by atoms with van der Waals surface area (Å²) in [4.78, 5) is 15.7. The summed E-state index contributed by atoms with van der Waals surface area (Å²) in [5, 5.41) is 11.1. The Morgan fingerprint density at radius 3 is 2.76 bits per heavy atom. The molecule has 1 atom stereocenters. The van der Waals surface area contributed by atoms with Crippen LogP contribution in [0.2, 0.25) is 5.02 Å². The van der Waals surface area contributed by atoms with Crippen LogP contribution in [0, 0.1) is 6.92 Å². The number of rotatable bonds is 5. The van der Waals surface area contributed by atoms with Crippen LogP contribution in [0.15, 0.2) is 54.7 Å². The molecular formula is C20H15ClN3O4S-. The van der Waals surface area contributed by atoms with Gasteiger partial charge in [0.05, 0.1) is 33.7 Å². The number of halogens is 1. The average molecular weight is 429 g/mol. The van der Waals surface area contributed by atoms with E-state index in [0.717, 1.165) is 9.69 Å². The summed E-state index contributed by atoms with van der Waals surface area (Å²) >= 11 is 3.48. The number of hydrogen-bond donors (Lipinski definition) is 1. The van der Waals surface area contributed by atoms with E-state index in [1.807, 2.05) is 12.1 Å². The van der Waals surface area contributed by atoms with E-state index in [0.29, 0.717) is 38.5 Å². The zero-order valence-electron chi connectivity index (χ0n) is 15.2. The molecule has 0 radical (unpaired) electrons. The van der Waals surface area contributed by atoms with E-state index in [1.165, 1.54) is 0 Å². The van der Waals surface area contributed by atoms with Gasteiger partial charge in [0.2, 0.25) is 0 Å². The predicted octanol–water partition coefficient (Wildman–Crippen LogP) is 4.17. The summed E-state index contributed by atoms with van der Waals surface area (Å²) in [5.41, 5.74) is 2.29. The van der Waals surface area contributed by atoms with Gasteiger partial charge >= 0.3 is 5.97 Å². The monoisotopic (exact) mass is 428 g/mol. The van der Waals surface area contributed by atoms with Gasteiger partial charge in [-0.05, 0) is 37.3 Å². The molecule has 2 heterocycles. The Morgan fingerprint density at radius 2 is 2.03 bits per heavy atom. The highest BCUT2D eigenvalue weighted by atomic mass is 35.5. The molecule has 29 heavy (non-hydrogen) atoms. The molecular weight excluding hydrogens is 414 g/mol. The van der Waals surface area contributed by atoms with Crippen LogP contribution in [0.4, 0.5) is 11.4 Å². The molecule has 7 nitrogen and oxygen atoms in total. The summed E-state index contributed by atoms with van der Waals surface area (Å²) in [5.74, 6) is -1.03. The molecule has 0 aliphatic heterocycles. The van der Waals surface area contributed by atoms with E-state index in [-0.39, 0.29) is 6.54 Å². The van der Waals surface area contributed by atoms with Crippen molar-refractivity contribution in [1.82, 2.24) is 9.55 Å². The standard InChI is InChI=1S/C20H16ClN3O4S/c1-12-20(15-10-14(21)7-8-16(15)23(12)11-18(25)26)24(29(27)28)17-6-2-4-13-5-3-9-22-19(13)17/h2-10H,11H2,1H3,(H,25,26)(H,27,28)/p-1. The van der Waals surface area contributed by atoms with Crippen LogP contribution in [0.25, 0.3) is 21.8 Å². The number of hydrogen-bond acceptors (Lipinski definition) is 4. The number of aromatic nitrogens is 2. The highest BCUT2D eigenvalue weighted by Crippen LogP contribution is 2.41. The largest absolute Gasteiger partial charge is 0.755 e. The second kappa shape index (κ2) is 7.47. The Hall–Kier alpha value is -2.94. The van der Waals surface area contributed by atoms with Gasteiger partial charge in [0.25, 0.3) is 0 Å². The minimum absolute atomic E-state index is 0.308. The van der Waals surface area contributed by atoms with Crippen molar-refractivity contribution in [3.8, 4) is 0 Å². The Labute approximate surface area is 173 Å². The first-order valence-corrected chi connectivity index (χ1v) is 10.0. The van der Waals surface area contributed by atoms with Gasteiger partial charge in [0.15, 0.2) is 0 Å². The van der Waals surface area contributed by atoms with Crippen LogP contribution in [0.3, 0.4) is 0 Å². The van der Waals surface area contributed by atoms with E-state index >= 15 is 0 Å². The Kier molecular flexibility index (Phi) is 4.99. The molecule has 0 saturated carbocycles. The van der Waals surface area contributed by atoms with Crippen molar-refractivity contribution in [2.75, 3.05) is 4.31 Å². The number of nitrogens with zero attached hydrogens (tertiary/aromatic N) is 3. The van der Waals surface area contributed by atoms with Gasteiger partial charge in [-0.1, -0.05) is 29.8 Å². The van der Waals surface area contributed by atoms with E-state index in [2.05, 4.69) is 4.98 Å². The molecule has 4 aromatic rings. The van der Waals surface area contributed by atoms with Crippen molar-refractivity contribution in [2.45, 2.75) is 13.5 Å². The second-order valence-electron chi connectivity index (χ2n) is 6.44. The number of pyridine rings is 1. The molecule has 9 heteroatoms. The molecule has 0 bridgehead atoms. The first kappa shape index (κ1) is 19.4. The molecule has 4 rings (SSSR count). The maximum atomic E-state index is 12.4. The van der Waals surface area contributed by atoms with Crippen LogP contribution in [-0.2, 0) is 22.6 Å². The lowest BCUT2D eigenvalue weighted by molar-refractivity contribution is -0.137. The molecule has 2 aromatic heterocycles. The third-order valence-corrected chi connectivity index (χ3v) is 5.64. The number of aliphatic carboxylic acids is 1. The zero-order valence-corrected chi connectivity index (χ0v) is 16.8. The van der Waals surface area contributed by atoms with E-state index in [1.54, 1.807) is 54.1 Å². The SMILES string of the molecule is Cc1c(N(c2cccc3cccnc23)S(=O)[O-])c2cc(Cl)ccc2n1CC(=O)O. The van der Waals surface area contributed by atoms with Gasteiger partial charge in [-0.25, -0.2) is 0 Å². The summed E-state index contributed by atoms with van der Waals surface area (Å²) in [6.45, 7) is 1.38. The van der Waals surface area contributed by atoms with Crippen LogP contribution in [0.5, 0.6) is 0 Å². The lowest BCUT2D eigenvalue weighted by Crippen LogP contribution is -2.21. The minimum Gasteiger partial charge on any atom is -0.755 e. The Balaban J connectivity index is 2.07. The van der Waals surface area contributed by atoms with Crippen molar-refractivity contribution in [2.24, 2.45) is 0 Å². The van der Waals surface area contributed by atoms with Crippen molar-refractivity contribution in [3.63, 3.8) is 0 Å². The van der Waals surface area contributed by atoms with Gasteiger partial charge < -0.3 is 14.2 Å². The lowest BCUT2D eigenvalue weighted by atomic mass is 10.1. The fourth-order valence-corrected chi connectivity index (χ4v) is 4.42. The van der Waals surface area contributed by atoms with Gasteiger partial charge in [0.1, 0.15) is 6.54 Å². The number of carboxylic acids is 1. The Morgan fingerprint density at radius 1 is 1.28 bits per heavy atom. The number of carbonyl (C=O) groups is 1. The average Bonchev–Trinajstić information content (AvgIpc) is 2.93. The van der Waals surface area contributed by atoms with Crippen molar-refractivity contribution >= 4 is 62.0 Å². The summed E-state index contributed by atoms with van der Waals surface area (Å²) in [6.07, 6.45) is 1.59. The molecule has 1 N–H and O–H groups in total. The molecule has 0 fully saturated rings. The lowest BCUT2D eigenvalue weighted by Gasteiger charge is -2.27. The van der Waals surface area contributed by atoms with E-state index in [9.17, 15) is 18.7 Å². The molecule has 1 unspecified atom stereocenters. The summed E-state index contributed by atoms with van der Waals surface area (Å²) in [7, 11) is 0. The van der Waals surface area contributed by atoms with Crippen LogP contribution >= 0.6 is 11.6 Å². The first-order chi connectivity index (χ1) is 13.9. The smallest absolute Gasteiger partial charge is 0.323 e. The molecule has 0 aliphatic rings. The minimum atomic E-state index is -2.69. The van der Waals surface area contributed by atoms with Crippen molar-refractivity contribution in [3.05, 3.63) is 65.4 Å². The highest BCUT2D eigenvalue weighted by molar-refractivity contribution is 7.81. The molecule has 2 aromatic carbocycles. The summed E-state index contributed by atoms with van der Waals surface area (Å²) < 4.78 is 27.5. The molecule has 148 valence electrons. The Bertz CT molecular complexity index is 1280.